The van der Waals surface area contributed by atoms with Crippen molar-refractivity contribution in [3.63, 3.8) is 0 Å². The van der Waals surface area contributed by atoms with Gasteiger partial charge < -0.3 is 5.32 Å². The summed E-state index contributed by atoms with van der Waals surface area (Å²) in [6.07, 6.45) is 2.57. The van der Waals surface area contributed by atoms with E-state index in [1.165, 1.54) is 18.4 Å². The van der Waals surface area contributed by atoms with Gasteiger partial charge in [-0.25, -0.2) is 4.39 Å². The van der Waals surface area contributed by atoms with Gasteiger partial charge >= 0.3 is 0 Å². The normalized spacial score (nSPS) is 20.1. The lowest BCUT2D eigenvalue weighted by Crippen LogP contribution is -2.39. The zero-order valence-electron chi connectivity index (χ0n) is 13.0. The number of rotatable bonds is 6. The van der Waals surface area contributed by atoms with Crippen LogP contribution < -0.4 is 5.32 Å². The summed E-state index contributed by atoms with van der Waals surface area (Å²) in [5, 5.41) is 3.57. The van der Waals surface area contributed by atoms with Crippen LogP contribution in [0.1, 0.15) is 32.3 Å². The maximum Gasteiger partial charge on any atom is 0.137 e. The summed E-state index contributed by atoms with van der Waals surface area (Å²) in [6, 6.07) is 5.34. The first-order chi connectivity index (χ1) is 10.0. The van der Waals surface area contributed by atoms with Crippen molar-refractivity contribution in [1.82, 2.24) is 10.2 Å². The molecule has 2 rings (SSSR count). The topological polar surface area (TPSA) is 15.3 Å². The summed E-state index contributed by atoms with van der Waals surface area (Å²) >= 11 is 3.27. The molecule has 4 heteroatoms. The molecule has 1 N–H and O–H groups in total. The molecule has 118 valence electrons. The number of nitrogens with one attached hydrogen (secondary N) is 1. The van der Waals surface area contributed by atoms with Crippen molar-refractivity contribution < 1.29 is 4.39 Å². The first-order valence-corrected chi connectivity index (χ1v) is 8.71. The lowest BCUT2D eigenvalue weighted by molar-refractivity contribution is 0.164. The van der Waals surface area contributed by atoms with Gasteiger partial charge in [0.15, 0.2) is 0 Å². The van der Waals surface area contributed by atoms with Crippen molar-refractivity contribution in [2.75, 3.05) is 26.2 Å². The molecule has 0 bridgehead atoms. The van der Waals surface area contributed by atoms with E-state index < -0.39 is 0 Å². The number of benzene rings is 1. The smallest absolute Gasteiger partial charge is 0.137 e. The van der Waals surface area contributed by atoms with Crippen LogP contribution in [0.15, 0.2) is 22.7 Å². The Morgan fingerprint density at radius 1 is 1.43 bits per heavy atom. The van der Waals surface area contributed by atoms with Crippen LogP contribution in [-0.4, -0.2) is 31.1 Å². The van der Waals surface area contributed by atoms with Crippen LogP contribution in [0.3, 0.4) is 0 Å². The van der Waals surface area contributed by atoms with Crippen molar-refractivity contribution in [1.29, 1.82) is 0 Å². The molecule has 0 aliphatic carbocycles. The van der Waals surface area contributed by atoms with Gasteiger partial charge in [0.2, 0.25) is 0 Å². The predicted molar refractivity (Wildman–Crippen MR) is 89.8 cm³/mol. The Morgan fingerprint density at radius 2 is 2.24 bits per heavy atom. The monoisotopic (exact) mass is 356 g/mol. The average Bonchev–Trinajstić information content (AvgIpc) is 2.43. The fourth-order valence-corrected chi connectivity index (χ4v) is 3.36. The molecular formula is C17H26BrFN2. The van der Waals surface area contributed by atoms with E-state index in [9.17, 15) is 4.39 Å². The van der Waals surface area contributed by atoms with Gasteiger partial charge in [0.05, 0.1) is 4.47 Å². The molecule has 1 saturated heterocycles. The third kappa shape index (κ3) is 5.68. The highest BCUT2D eigenvalue weighted by molar-refractivity contribution is 9.10. The fraction of sp³-hybridized carbons (Fsp3) is 0.647. The second kappa shape index (κ2) is 8.25. The molecule has 1 aromatic rings. The lowest BCUT2D eigenvalue weighted by Gasteiger charge is -2.33. The molecule has 1 fully saturated rings. The summed E-state index contributed by atoms with van der Waals surface area (Å²) < 4.78 is 13.8. The van der Waals surface area contributed by atoms with Gasteiger partial charge in [-0.15, -0.1) is 0 Å². The van der Waals surface area contributed by atoms with E-state index in [-0.39, 0.29) is 5.82 Å². The summed E-state index contributed by atoms with van der Waals surface area (Å²) in [4.78, 5) is 2.49. The first kappa shape index (κ1) is 16.9. The second-order valence-electron chi connectivity index (χ2n) is 6.54. The molecule has 21 heavy (non-hydrogen) atoms. The van der Waals surface area contributed by atoms with E-state index in [0.29, 0.717) is 10.4 Å². The molecule has 1 unspecified atom stereocenters. The molecular weight excluding hydrogens is 331 g/mol. The minimum absolute atomic E-state index is 0.187. The van der Waals surface area contributed by atoms with E-state index in [1.54, 1.807) is 6.07 Å². The Labute approximate surface area is 136 Å². The van der Waals surface area contributed by atoms with Gasteiger partial charge in [-0.1, -0.05) is 19.9 Å². The van der Waals surface area contributed by atoms with E-state index in [4.69, 9.17) is 0 Å². The highest BCUT2D eigenvalue weighted by atomic mass is 79.9. The third-order valence-electron chi connectivity index (χ3n) is 3.98. The van der Waals surface area contributed by atoms with Crippen LogP contribution in [0, 0.1) is 17.7 Å². The molecule has 0 saturated carbocycles. The maximum absolute atomic E-state index is 13.3. The summed E-state index contributed by atoms with van der Waals surface area (Å²) in [7, 11) is 0. The minimum atomic E-state index is -0.187. The van der Waals surface area contributed by atoms with Crippen molar-refractivity contribution in [2.45, 2.75) is 33.2 Å². The third-order valence-corrected chi connectivity index (χ3v) is 4.59. The second-order valence-corrected chi connectivity index (χ2v) is 7.40. The van der Waals surface area contributed by atoms with Crippen molar-refractivity contribution in [3.05, 3.63) is 34.1 Å². The van der Waals surface area contributed by atoms with Gasteiger partial charge in [0.25, 0.3) is 0 Å². The standard InChI is InChI=1S/C17H26BrFN2/c1-13(2)9-20-10-15-4-3-7-21(12-15)11-14-5-6-17(19)16(18)8-14/h5-6,8,13,15,20H,3-4,7,9-12H2,1-2H3. The lowest BCUT2D eigenvalue weighted by atomic mass is 9.97. The van der Waals surface area contributed by atoms with Crippen molar-refractivity contribution >= 4 is 15.9 Å². The fourth-order valence-electron chi connectivity index (χ4n) is 2.93. The highest BCUT2D eigenvalue weighted by Crippen LogP contribution is 2.21. The maximum atomic E-state index is 13.3. The van der Waals surface area contributed by atoms with Crippen LogP contribution in [0.2, 0.25) is 0 Å². The van der Waals surface area contributed by atoms with Gasteiger partial charge in [-0.2, -0.15) is 0 Å². The molecule has 0 spiro atoms. The SMILES string of the molecule is CC(C)CNCC1CCCN(Cc2ccc(F)c(Br)c2)C1. The van der Waals surface area contributed by atoms with Crippen LogP contribution in [0.5, 0.6) is 0 Å². The van der Waals surface area contributed by atoms with Gasteiger partial charge in [0, 0.05) is 13.1 Å². The number of likely N-dealkylation sites (tertiary alicyclic amines) is 1. The van der Waals surface area contributed by atoms with Crippen molar-refractivity contribution in [3.8, 4) is 0 Å². The summed E-state index contributed by atoms with van der Waals surface area (Å²) in [5.74, 6) is 1.26. The average molecular weight is 357 g/mol. The first-order valence-electron chi connectivity index (χ1n) is 7.91. The Kier molecular flexibility index (Phi) is 6.65. The minimum Gasteiger partial charge on any atom is -0.316 e. The van der Waals surface area contributed by atoms with Gasteiger partial charge in [-0.3, -0.25) is 4.90 Å². The van der Waals surface area contributed by atoms with Crippen LogP contribution >= 0.6 is 15.9 Å². The number of hydrogen-bond acceptors (Lipinski definition) is 2. The van der Waals surface area contributed by atoms with Gasteiger partial charge in [-0.05, 0) is 77.9 Å². The van der Waals surface area contributed by atoms with E-state index in [1.807, 2.05) is 12.1 Å². The zero-order chi connectivity index (χ0) is 15.2. The molecule has 1 atom stereocenters. The largest absolute Gasteiger partial charge is 0.316 e. The van der Waals surface area contributed by atoms with E-state index >= 15 is 0 Å². The molecule has 0 radical (unpaired) electrons. The Bertz CT molecular complexity index is 450. The van der Waals surface area contributed by atoms with Gasteiger partial charge in [0.1, 0.15) is 5.82 Å². The van der Waals surface area contributed by atoms with Crippen LogP contribution in [0.25, 0.3) is 0 Å². The number of halogens is 2. The molecule has 1 aromatic carbocycles. The number of hydrogen-bond donors (Lipinski definition) is 1. The summed E-state index contributed by atoms with van der Waals surface area (Å²) in [6.45, 7) is 9.90. The molecule has 0 aromatic heterocycles. The van der Waals surface area contributed by atoms with E-state index in [2.05, 4.69) is 40.0 Å². The van der Waals surface area contributed by atoms with Crippen molar-refractivity contribution in [2.24, 2.45) is 11.8 Å². The molecule has 1 aliphatic heterocycles. The molecule has 1 heterocycles. The Morgan fingerprint density at radius 3 is 2.95 bits per heavy atom. The molecule has 1 aliphatic rings. The Balaban J connectivity index is 1.81. The molecule has 2 nitrogen and oxygen atoms in total. The van der Waals surface area contributed by atoms with E-state index in [0.717, 1.165) is 38.6 Å². The van der Waals surface area contributed by atoms with Crippen LogP contribution in [0.4, 0.5) is 4.39 Å². The quantitative estimate of drug-likeness (QED) is 0.827. The molecule has 0 amide bonds. The summed E-state index contributed by atoms with van der Waals surface area (Å²) in [5.41, 5.74) is 1.18. The number of piperidine rings is 1. The highest BCUT2D eigenvalue weighted by Gasteiger charge is 2.19. The predicted octanol–water partition coefficient (Wildman–Crippen LogP) is 4.05. The number of nitrogens with zero attached hydrogens (tertiary/aromatic N) is 1. The van der Waals surface area contributed by atoms with Crippen LogP contribution in [-0.2, 0) is 6.54 Å². The Hall–Kier alpha value is -0.450. The zero-order valence-corrected chi connectivity index (χ0v) is 14.6.